The minimum absolute atomic E-state index is 0.385. The smallest absolute Gasteiger partial charge is 0.113 e. The number of pyridine rings is 1. The number of hydrogen-bond acceptors (Lipinski definition) is 2. The summed E-state index contributed by atoms with van der Waals surface area (Å²) in [5.74, 6) is 5.61. The summed E-state index contributed by atoms with van der Waals surface area (Å²) in [5, 5.41) is 0. The van der Waals surface area contributed by atoms with Gasteiger partial charge in [0, 0.05) is 5.69 Å². The third-order valence-corrected chi connectivity index (χ3v) is 1.21. The first-order valence-electron chi connectivity index (χ1n) is 3.45. The van der Waals surface area contributed by atoms with E-state index in [9.17, 15) is 0 Å². The van der Waals surface area contributed by atoms with Crippen molar-refractivity contribution in [1.82, 2.24) is 4.98 Å². The SMILES string of the molecule is Cc1cccc(C#CCN)n1. The molecule has 0 aliphatic rings. The zero-order valence-electron chi connectivity index (χ0n) is 6.46. The summed E-state index contributed by atoms with van der Waals surface area (Å²) in [7, 11) is 0. The van der Waals surface area contributed by atoms with Crippen LogP contribution in [0.2, 0.25) is 0 Å². The van der Waals surface area contributed by atoms with Crippen molar-refractivity contribution in [3.05, 3.63) is 29.6 Å². The van der Waals surface area contributed by atoms with Gasteiger partial charge in [-0.3, -0.25) is 0 Å². The highest BCUT2D eigenvalue weighted by Gasteiger charge is 1.86. The van der Waals surface area contributed by atoms with Crippen molar-refractivity contribution >= 4 is 0 Å². The predicted molar refractivity (Wildman–Crippen MR) is 44.9 cm³/mol. The molecule has 0 atom stereocenters. The Kier molecular flexibility index (Phi) is 2.65. The van der Waals surface area contributed by atoms with Crippen LogP contribution >= 0.6 is 0 Å². The highest BCUT2D eigenvalue weighted by Crippen LogP contribution is 1.94. The number of hydrogen-bond donors (Lipinski definition) is 1. The molecule has 2 heteroatoms. The molecule has 0 saturated heterocycles. The average Bonchev–Trinajstić information content (AvgIpc) is 2.01. The molecule has 1 aromatic heterocycles. The molecule has 2 nitrogen and oxygen atoms in total. The van der Waals surface area contributed by atoms with E-state index in [1.54, 1.807) is 0 Å². The largest absolute Gasteiger partial charge is 0.320 e. The van der Waals surface area contributed by atoms with E-state index in [1.807, 2.05) is 25.1 Å². The Labute approximate surface area is 66.4 Å². The van der Waals surface area contributed by atoms with Gasteiger partial charge in [0.15, 0.2) is 0 Å². The second-order valence-corrected chi connectivity index (χ2v) is 2.17. The van der Waals surface area contributed by atoms with Gasteiger partial charge in [0.1, 0.15) is 5.69 Å². The van der Waals surface area contributed by atoms with E-state index in [-0.39, 0.29) is 0 Å². The number of aryl methyl sites for hydroxylation is 1. The fourth-order valence-electron chi connectivity index (χ4n) is 0.754. The van der Waals surface area contributed by atoms with Gasteiger partial charge in [-0.15, -0.1) is 0 Å². The van der Waals surface area contributed by atoms with Gasteiger partial charge in [-0.2, -0.15) is 0 Å². The molecule has 11 heavy (non-hydrogen) atoms. The van der Waals surface area contributed by atoms with Crippen molar-refractivity contribution in [3.8, 4) is 11.8 Å². The molecule has 0 amide bonds. The Bertz CT molecular complexity index is 294. The van der Waals surface area contributed by atoms with Crippen LogP contribution in [-0.4, -0.2) is 11.5 Å². The molecule has 0 unspecified atom stereocenters. The van der Waals surface area contributed by atoms with Crippen LogP contribution in [0.1, 0.15) is 11.4 Å². The van der Waals surface area contributed by atoms with Crippen LogP contribution in [0.15, 0.2) is 18.2 Å². The quantitative estimate of drug-likeness (QED) is 0.547. The minimum atomic E-state index is 0.385. The molecule has 0 aliphatic carbocycles. The maximum absolute atomic E-state index is 5.21. The van der Waals surface area contributed by atoms with Crippen molar-refractivity contribution in [2.24, 2.45) is 5.73 Å². The van der Waals surface area contributed by atoms with Crippen molar-refractivity contribution in [3.63, 3.8) is 0 Å². The van der Waals surface area contributed by atoms with E-state index in [0.29, 0.717) is 6.54 Å². The summed E-state index contributed by atoms with van der Waals surface area (Å²) in [6.07, 6.45) is 0. The molecule has 0 spiro atoms. The minimum Gasteiger partial charge on any atom is -0.320 e. The summed E-state index contributed by atoms with van der Waals surface area (Å²) < 4.78 is 0. The van der Waals surface area contributed by atoms with Crippen molar-refractivity contribution in [2.75, 3.05) is 6.54 Å². The first-order chi connectivity index (χ1) is 5.33. The van der Waals surface area contributed by atoms with Gasteiger partial charge >= 0.3 is 0 Å². The van der Waals surface area contributed by atoms with E-state index < -0.39 is 0 Å². The second-order valence-electron chi connectivity index (χ2n) is 2.17. The number of nitrogens with zero attached hydrogens (tertiary/aromatic N) is 1. The third kappa shape index (κ3) is 2.40. The summed E-state index contributed by atoms with van der Waals surface area (Å²) in [5.41, 5.74) is 6.98. The summed E-state index contributed by atoms with van der Waals surface area (Å²) >= 11 is 0. The first-order valence-corrected chi connectivity index (χ1v) is 3.45. The molecular formula is C9H10N2. The lowest BCUT2D eigenvalue weighted by atomic mass is 10.3. The Morgan fingerprint density at radius 2 is 2.36 bits per heavy atom. The van der Waals surface area contributed by atoms with Gasteiger partial charge in [0.2, 0.25) is 0 Å². The lowest BCUT2D eigenvalue weighted by Gasteiger charge is -1.90. The molecule has 0 bridgehead atoms. The molecule has 1 aromatic rings. The number of rotatable bonds is 0. The van der Waals surface area contributed by atoms with Crippen molar-refractivity contribution < 1.29 is 0 Å². The topological polar surface area (TPSA) is 38.9 Å². The molecule has 2 N–H and O–H groups in total. The zero-order valence-corrected chi connectivity index (χ0v) is 6.46. The molecule has 0 saturated carbocycles. The van der Waals surface area contributed by atoms with Crippen molar-refractivity contribution in [2.45, 2.75) is 6.92 Å². The average molecular weight is 146 g/mol. The van der Waals surface area contributed by atoms with Crippen LogP contribution in [0.25, 0.3) is 0 Å². The summed E-state index contributed by atoms with van der Waals surface area (Å²) in [6.45, 7) is 2.32. The normalized spacial score (nSPS) is 8.55. The number of nitrogens with two attached hydrogens (primary N) is 1. The van der Waals surface area contributed by atoms with Gasteiger partial charge in [0.05, 0.1) is 6.54 Å². The van der Waals surface area contributed by atoms with Gasteiger partial charge < -0.3 is 5.73 Å². The Morgan fingerprint density at radius 1 is 1.55 bits per heavy atom. The Morgan fingerprint density at radius 3 is 3.00 bits per heavy atom. The summed E-state index contributed by atoms with van der Waals surface area (Å²) in [6, 6.07) is 5.74. The van der Waals surface area contributed by atoms with Gasteiger partial charge in [0.25, 0.3) is 0 Å². The van der Waals surface area contributed by atoms with Crippen LogP contribution in [0.3, 0.4) is 0 Å². The molecule has 0 radical (unpaired) electrons. The van der Waals surface area contributed by atoms with E-state index in [1.165, 1.54) is 0 Å². The van der Waals surface area contributed by atoms with Crippen LogP contribution in [0, 0.1) is 18.8 Å². The molecule has 1 rings (SSSR count). The van der Waals surface area contributed by atoms with E-state index in [0.717, 1.165) is 11.4 Å². The highest BCUT2D eigenvalue weighted by atomic mass is 14.7. The molecule has 0 aliphatic heterocycles. The van der Waals surface area contributed by atoms with Crippen LogP contribution in [0.5, 0.6) is 0 Å². The zero-order chi connectivity index (χ0) is 8.10. The predicted octanol–water partition coefficient (Wildman–Crippen LogP) is 0.700. The second kappa shape index (κ2) is 3.75. The molecular weight excluding hydrogens is 136 g/mol. The van der Waals surface area contributed by atoms with Crippen LogP contribution in [-0.2, 0) is 0 Å². The molecule has 1 heterocycles. The summed E-state index contributed by atoms with van der Waals surface area (Å²) in [4.78, 5) is 4.18. The lowest BCUT2D eigenvalue weighted by molar-refractivity contribution is 1.17. The standard InChI is InChI=1S/C9H10N2/c1-8-4-2-5-9(11-8)6-3-7-10/h2,4-5H,7,10H2,1H3. The number of aromatic nitrogens is 1. The fraction of sp³-hybridized carbons (Fsp3) is 0.222. The molecule has 0 aromatic carbocycles. The lowest BCUT2D eigenvalue weighted by Crippen LogP contribution is -1.93. The van der Waals surface area contributed by atoms with Crippen LogP contribution in [0.4, 0.5) is 0 Å². The maximum Gasteiger partial charge on any atom is 0.113 e. The Hall–Kier alpha value is -1.33. The molecule has 0 fully saturated rings. The Balaban J connectivity index is 2.87. The van der Waals surface area contributed by atoms with Gasteiger partial charge in [-0.1, -0.05) is 12.0 Å². The fourth-order valence-corrected chi connectivity index (χ4v) is 0.754. The van der Waals surface area contributed by atoms with Gasteiger partial charge in [-0.25, -0.2) is 4.98 Å². The van der Waals surface area contributed by atoms with E-state index >= 15 is 0 Å². The molecule has 56 valence electrons. The van der Waals surface area contributed by atoms with E-state index in [2.05, 4.69) is 16.8 Å². The van der Waals surface area contributed by atoms with Crippen LogP contribution < -0.4 is 5.73 Å². The van der Waals surface area contributed by atoms with E-state index in [4.69, 9.17) is 5.73 Å². The maximum atomic E-state index is 5.21. The monoisotopic (exact) mass is 146 g/mol. The van der Waals surface area contributed by atoms with Crippen molar-refractivity contribution in [1.29, 1.82) is 0 Å². The third-order valence-electron chi connectivity index (χ3n) is 1.21. The first kappa shape index (κ1) is 7.77. The highest BCUT2D eigenvalue weighted by molar-refractivity contribution is 5.28. The van der Waals surface area contributed by atoms with Gasteiger partial charge in [-0.05, 0) is 25.0 Å².